The van der Waals surface area contributed by atoms with Crippen LogP contribution in [0.25, 0.3) is 0 Å². The molecule has 0 aromatic heterocycles. The van der Waals surface area contributed by atoms with Crippen molar-refractivity contribution in [1.82, 2.24) is 4.90 Å². The summed E-state index contributed by atoms with van der Waals surface area (Å²) >= 11 is 0. The van der Waals surface area contributed by atoms with Gasteiger partial charge in [-0.15, -0.1) is 0 Å². The highest BCUT2D eigenvalue weighted by Gasteiger charge is 2.56. The first-order valence-corrected chi connectivity index (χ1v) is 9.04. The van der Waals surface area contributed by atoms with Crippen LogP contribution >= 0.6 is 0 Å². The number of aliphatic hydroxyl groups is 1. The minimum Gasteiger partial charge on any atom is -0.392 e. The van der Waals surface area contributed by atoms with Crippen LogP contribution in [-0.2, 0) is 11.2 Å². The van der Waals surface area contributed by atoms with Gasteiger partial charge < -0.3 is 20.1 Å². The molecule has 2 N–H and O–H groups in total. The molecule has 24 heavy (non-hydrogen) atoms. The molecule has 3 rings (SSSR count). The van der Waals surface area contributed by atoms with Gasteiger partial charge in [-0.2, -0.15) is 0 Å². The Morgan fingerprint density at radius 1 is 1.33 bits per heavy atom. The van der Waals surface area contributed by atoms with Gasteiger partial charge in [0.15, 0.2) is 0 Å². The first-order chi connectivity index (χ1) is 11.6. The normalized spacial score (nSPS) is 25.4. The van der Waals surface area contributed by atoms with Gasteiger partial charge in [-0.3, -0.25) is 0 Å². The van der Waals surface area contributed by atoms with Crippen LogP contribution in [0, 0.1) is 5.41 Å². The van der Waals surface area contributed by atoms with Crippen molar-refractivity contribution >= 4 is 11.7 Å². The third kappa shape index (κ3) is 3.03. The fourth-order valence-corrected chi connectivity index (χ4v) is 4.09. The van der Waals surface area contributed by atoms with E-state index in [9.17, 15) is 9.90 Å². The van der Waals surface area contributed by atoms with Gasteiger partial charge in [-0.1, -0.05) is 25.1 Å². The molecular formula is C19H28N2O3. The predicted octanol–water partition coefficient (Wildman–Crippen LogP) is 3.03. The van der Waals surface area contributed by atoms with Crippen molar-refractivity contribution in [1.29, 1.82) is 0 Å². The Kier molecular flexibility index (Phi) is 5.11. The molecule has 2 aliphatic rings. The number of nitrogens with zero attached hydrogens (tertiary/aromatic N) is 1. The Labute approximate surface area is 144 Å². The van der Waals surface area contributed by atoms with Gasteiger partial charge in [0.2, 0.25) is 0 Å². The van der Waals surface area contributed by atoms with Crippen molar-refractivity contribution in [2.75, 3.05) is 25.0 Å². The number of benzene rings is 1. The first kappa shape index (κ1) is 17.2. The summed E-state index contributed by atoms with van der Waals surface area (Å²) in [5.74, 6) is 0. The number of aliphatic hydroxyl groups excluding tert-OH is 1. The number of anilines is 1. The van der Waals surface area contributed by atoms with Crippen LogP contribution in [0.1, 0.15) is 38.7 Å². The maximum absolute atomic E-state index is 12.6. The van der Waals surface area contributed by atoms with Gasteiger partial charge in [0.25, 0.3) is 0 Å². The Balaban J connectivity index is 1.59. The molecule has 1 aromatic carbocycles. The highest BCUT2D eigenvalue weighted by Crippen LogP contribution is 2.50. The molecule has 1 heterocycles. The van der Waals surface area contributed by atoms with Gasteiger partial charge in [-0.05, 0) is 37.8 Å². The summed E-state index contributed by atoms with van der Waals surface area (Å²) < 4.78 is 5.78. The molecule has 1 spiro atoms. The average Bonchev–Trinajstić information content (AvgIpc) is 2.62. The number of carbonyl (C=O) groups is 1. The summed E-state index contributed by atoms with van der Waals surface area (Å²) in [4.78, 5) is 14.4. The zero-order valence-electron chi connectivity index (χ0n) is 14.6. The molecule has 1 saturated heterocycles. The van der Waals surface area contributed by atoms with Crippen molar-refractivity contribution in [2.45, 2.75) is 51.7 Å². The Hall–Kier alpha value is -1.59. The lowest BCUT2D eigenvalue weighted by atomic mass is 9.58. The molecule has 2 unspecified atom stereocenters. The SMILES string of the molecule is CCOC1CC(O)C12CCN(C(=O)Nc1ccccc1CC)CC2. The Bertz CT molecular complexity index is 580. The highest BCUT2D eigenvalue weighted by molar-refractivity contribution is 5.90. The molecule has 1 aliphatic carbocycles. The van der Waals surface area contributed by atoms with Gasteiger partial charge in [0.05, 0.1) is 12.2 Å². The van der Waals surface area contributed by atoms with Crippen LogP contribution in [0.15, 0.2) is 24.3 Å². The summed E-state index contributed by atoms with van der Waals surface area (Å²) in [5.41, 5.74) is 1.89. The van der Waals surface area contributed by atoms with E-state index in [1.807, 2.05) is 36.1 Å². The minimum atomic E-state index is -0.292. The van der Waals surface area contributed by atoms with Crippen molar-refractivity contribution in [3.63, 3.8) is 0 Å². The van der Waals surface area contributed by atoms with Crippen LogP contribution in [0.5, 0.6) is 0 Å². The van der Waals surface area contributed by atoms with Gasteiger partial charge in [0, 0.05) is 37.2 Å². The summed E-state index contributed by atoms with van der Waals surface area (Å²) in [6.45, 7) is 6.09. The number of carbonyl (C=O) groups excluding carboxylic acids is 1. The number of nitrogens with one attached hydrogen (secondary N) is 1. The molecular weight excluding hydrogens is 304 g/mol. The summed E-state index contributed by atoms with van der Waals surface area (Å²) in [5, 5.41) is 13.3. The molecule has 1 aromatic rings. The maximum atomic E-state index is 12.6. The molecule has 2 atom stereocenters. The summed E-state index contributed by atoms with van der Waals surface area (Å²) in [6, 6.07) is 7.87. The van der Waals surface area contributed by atoms with E-state index in [0.29, 0.717) is 19.7 Å². The van der Waals surface area contributed by atoms with E-state index in [0.717, 1.165) is 36.9 Å². The maximum Gasteiger partial charge on any atom is 0.321 e. The quantitative estimate of drug-likeness (QED) is 0.891. The van der Waals surface area contributed by atoms with Gasteiger partial charge in [-0.25, -0.2) is 4.79 Å². The number of piperidine rings is 1. The number of para-hydroxylation sites is 1. The van der Waals surface area contributed by atoms with E-state index in [1.54, 1.807) is 0 Å². The summed E-state index contributed by atoms with van der Waals surface area (Å²) in [6.07, 6.45) is 3.08. The summed E-state index contributed by atoms with van der Waals surface area (Å²) in [7, 11) is 0. The lowest BCUT2D eigenvalue weighted by molar-refractivity contribution is -0.207. The third-order valence-electron chi connectivity index (χ3n) is 5.73. The fourth-order valence-electron chi connectivity index (χ4n) is 4.09. The third-order valence-corrected chi connectivity index (χ3v) is 5.73. The number of hydrogen-bond acceptors (Lipinski definition) is 3. The highest BCUT2D eigenvalue weighted by atomic mass is 16.5. The zero-order chi connectivity index (χ0) is 17.2. The lowest BCUT2D eigenvalue weighted by Crippen LogP contribution is -2.63. The molecule has 0 bridgehead atoms. The molecule has 2 fully saturated rings. The number of ether oxygens (including phenoxy) is 1. The van der Waals surface area contributed by atoms with E-state index in [4.69, 9.17) is 4.74 Å². The molecule has 1 saturated carbocycles. The molecule has 1 aliphatic heterocycles. The Morgan fingerprint density at radius 2 is 2.04 bits per heavy atom. The van der Waals surface area contributed by atoms with E-state index in [1.165, 1.54) is 0 Å². The van der Waals surface area contributed by atoms with E-state index < -0.39 is 0 Å². The van der Waals surface area contributed by atoms with Crippen molar-refractivity contribution in [3.05, 3.63) is 29.8 Å². The van der Waals surface area contributed by atoms with Crippen molar-refractivity contribution in [2.24, 2.45) is 5.41 Å². The second kappa shape index (κ2) is 7.11. The smallest absolute Gasteiger partial charge is 0.321 e. The van der Waals surface area contributed by atoms with Gasteiger partial charge in [0.1, 0.15) is 0 Å². The van der Waals surface area contributed by atoms with Crippen LogP contribution in [-0.4, -0.2) is 47.9 Å². The number of hydrogen-bond donors (Lipinski definition) is 2. The number of urea groups is 1. The van der Waals surface area contributed by atoms with Crippen LogP contribution < -0.4 is 5.32 Å². The van der Waals surface area contributed by atoms with Crippen LogP contribution in [0.4, 0.5) is 10.5 Å². The number of likely N-dealkylation sites (tertiary alicyclic amines) is 1. The number of rotatable bonds is 4. The minimum absolute atomic E-state index is 0.0486. The molecule has 0 radical (unpaired) electrons. The van der Waals surface area contributed by atoms with Crippen molar-refractivity contribution in [3.8, 4) is 0 Å². The molecule has 132 valence electrons. The lowest BCUT2D eigenvalue weighted by Gasteiger charge is -2.56. The largest absolute Gasteiger partial charge is 0.392 e. The van der Waals surface area contributed by atoms with Crippen LogP contribution in [0.3, 0.4) is 0 Å². The fraction of sp³-hybridized carbons (Fsp3) is 0.632. The topological polar surface area (TPSA) is 61.8 Å². The van der Waals surface area contributed by atoms with Crippen LogP contribution in [0.2, 0.25) is 0 Å². The zero-order valence-corrected chi connectivity index (χ0v) is 14.6. The number of amides is 2. The van der Waals surface area contributed by atoms with Gasteiger partial charge >= 0.3 is 6.03 Å². The Morgan fingerprint density at radius 3 is 2.67 bits per heavy atom. The second-order valence-electron chi connectivity index (χ2n) is 6.86. The number of aryl methyl sites for hydroxylation is 1. The van der Waals surface area contributed by atoms with E-state index >= 15 is 0 Å². The van der Waals surface area contributed by atoms with Crippen molar-refractivity contribution < 1.29 is 14.6 Å². The monoisotopic (exact) mass is 332 g/mol. The first-order valence-electron chi connectivity index (χ1n) is 9.04. The second-order valence-corrected chi connectivity index (χ2v) is 6.86. The molecule has 2 amide bonds. The molecule has 5 nitrogen and oxygen atoms in total. The molecule has 5 heteroatoms. The predicted molar refractivity (Wildman–Crippen MR) is 94.1 cm³/mol. The standard InChI is InChI=1S/C19H28N2O3/c1-3-14-7-5-6-8-15(14)20-18(23)21-11-9-19(10-12-21)16(22)13-17(19)24-4-2/h5-8,16-17,22H,3-4,9-13H2,1-2H3,(H,20,23). The van der Waals surface area contributed by atoms with E-state index in [-0.39, 0.29) is 23.7 Å². The van der Waals surface area contributed by atoms with E-state index in [2.05, 4.69) is 12.2 Å². The average molecular weight is 332 g/mol.